The smallest absolute Gasteiger partial charge is 0.449 e. The first-order valence-electron chi connectivity index (χ1n) is 8.89. The Morgan fingerprint density at radius 1 is 1.30 bits per heavy atom. The van der Waals surface area contributed by atoms with Crippen LogP contribution in [0.15, 0.2) is 64.7 Å². The van der Waals surface area contributed by atoms with E-state index in [2.05, 4.69) is 47.5 Å². The number of benzene rings is 1. The summed E-state index contributed by atoms with van der Waals surface area (Å²) in [6.45, 7) is 3.61. The molecule has 4 nitrogen and oxygen atoms in total. The van der Waals surface area contributed by atoms with Gasteiger partial charge in [0, 0.05) is 11.4 Å². The Morgan fingerprint density at radius 2 is 2.11 bits per heavy atom. The number of rotatable bonds is 8. The molecular weight excluding hydrogens is 378 g/mol. The van der Waals surface area contributed by atoms with Crippen LogP contribution in [-0.2, 0) is 17.7 Å². The van der Waals surface area contributed by atoms with E-state index >= 15 is 0 Å². The van der Waals surface area contributed by atoms with E-state index in [4.69, 9.17) is 9.84 Å². The van der Waals surface area contributed by atoms with E-state index in [1.807, 2.05) is 12.1 Å². The third kappa shape index (κ3) is 5.91. The summed E-state index contributed by atoms with van der Waals surface area (Å²) < 4.78 is 5.03. The molecule has 0 atom stereocenters. The van der Waals surface area contributed by atoms with Crippen molar-refractivity contribution < 1.29 is 14.6 Å². The second kappa shape index (κ2) is 9.67. The van der Waals surface area contributed by atoms with Gasteiger partial charge in [-0.2, -0.15) is 0 Å². The Hall–Kier alpha value is -2.18. The van der Waals surface area contributed by atoms with E-state index in [-0.39, 0.29) is 0 Å². The van der Waals surface area contributed by atoms with Crippen LogP contribution in [0.4, 0.5) is 4.79 Å². The molecule has 0 aliphatic carbocycles. The molecule has 3 rings (SSSR count). The lowest BCUT2D eigenvalue weighted by Crippen LogP contribution is -2.25. The van der Waals surface area contributed by atoms with Crippen molar-refractivity contribution in [2.45, 2.75) is 26.3 Å². The molecule has 0 spiro atoms. The fourth-order valence-corrected chi connectivity index (χ4v) is 4.63. The number of carbonyl (C=O) groups is 1. The molecule has 1 N–H and O–H groups in total. The first-order valence-corrected chi connectivity index (χ1v) is 10.8. The molecule has 6 heteroatoms. The normalized spacial score (nSPS) is 13.9. The van der Waals surface area contributed by atoms with Crippen LogP contribution < -0.4 is 0 Å². The lowest BCUT2D eigenvalue weighted by Gasteiger charge is -2.29. The van der Waals surface area contributed by atoms with Crippen molar-refractivity contribution in [2.24, 2.45) is 0 Å². The molecule has 1 aromatic carbocycles. The summed E-state index contributed by atoms with van der Waals surface area (Å²) >= 11 is 3.38. The molecule has 0 radical (unpaired) electrons. The van der Waals surface area contributed by atoms with Gasteiger partial charge in [0.1, 0.15) is 5.03 Å². The van der Waals surface area contributed by atoms with Crippen LogP contribution >= 0.6 is 23.1 Å². The summed E-state index contributed by atoms with van der Waals surface area (Å²) in [6.07, 6.45) is 4.47. The van der Waals surface area contributed by atoms with Crippen LogP contribution in [0.5, 0.6) is 0 Å². The van der Waals surface area contributed by atoms with Crippen LogP contribution in [-0.4, -0.2) is 28.5 Å². The van der Waals surface area contributed by atoms with Gasteiger partial charge in [0.15, 0.2) is 5.76 Å². The van der Waals surface area contributed by atoms with Gasteiger partial charge in [-0.25, -0.2) is 4.79 Å². The van der Waals surface area contributed by atoms with Gasteiger partial charge in [-0.05, 0) is 48.6 Å². The summed E-state index contributed by atoms with van der Waals surface area (Å²) in [4.78, 5) is 14.5. The number of thiophene rings is 1. The lowest BCUT2D eigenvalue weighted by atomic mass is 10.1. The predicted octanol–water partition coefficient (Wildman–Crippen LogP) is 5.66. The average molecular weight is 402 g/mol. The number of ether oxygens (including phenoxy) is 1. The molecule has 0 saturated carbocycles. The van der Waals surface area contributed by atoms with Crippen LogP contribution in [0.25, 0.3) is 0 Å². The van der Waals surface area contributed by atoms with E-state index < -0.39 is 6.16 Å². The van der Waals surface area contributed by atoms with Crippen LogP contribution in [0.1, 0.15) is 22.4 Å². The highest BCUT2D eigenvalue weighted by Gasteiger charge is 2.21. The number of thioether (sulfide) groups is 1. The van der Waals surface area contributed by atoms with E-state index in [0.717, 1.165) is 36.7 Å². The van der Waals surface area contributed by atoms with Crippen molar-refractivity contribution in [3.05, 3.63) is 80.7 Å². The SMILES string of the molecule is Cc1ccc(CCCSC2=C(OC(=O)O)C=CCN2Cc2cccs2)cc1. The molecule has 0 unspecified atom stereocenters. The van der Waals surface area contributed by atoms with Gasteiger partial charge < -0.3 is 14.7 Å². The Bertz CT molecular complexity index is 810. The second-order valence-electron chi connectivity index (χ2n) is 6.34. The summed E-state index contributed by atoms with van der Waals surface area (Å²) in [5.41, 5.74) is 2.60. The van der Waals surface area contributed by atoms with Crippen molar-refractivity contribution in [3.8, 4) is 0 Å². The molecule has 27 heavy (non-hydrogen) atoms. The predicted molar refractivity (Wildman–Crippen MR) is 112 cm³/mol. The number of allylic oxidation sites excluding steroid dienone is 1. The van der Waals surface area contributed by atoms with Gasteiger partial charge in [-0.1, -0.05) is 42.0 Å². The van der Waals surface area contributed by atoms with Crippen molar-refractivity contribution in [2.75, 3.05) is 12.3 Å². The van der Waals surface area contributed by atoms with Gasteiger partial charge in [-0.3, -0.25) is 0 Å². The van der Waals surface area contributed by atoms with Gasteiger partial charge in [-0.15, -0.1) is 23.1 Å². The minimum absolute atomic E-state index is 0.422. The Morgan fingerprint density at radius 3 is 2.81 bits per heavy atom. The Kier molecular flexibility index (Phi) is 7.01. The van der Waals surface area contributed by atoms with E-state index in [1.54, 1.807) is 29.2 Å². The van der Waals surface area contributed by atoms with E-state index in [0.29, 0.717) is 5.76 Å². The average Bonchev–Trinajstić information content (AvgIpc) is 3.14. The zero-order valence-electron chi connectivity index (χ0n) is 15.3. The maximum Gasteiger partial charge on any atom is 0.511 e. The van der Waals surface area contributed by atoms with Gasteiger partial charge >= 0.3 is 6.16 Å². The van der Waals surface area contributed by atoms with Crippen molar-refractivity contribution in [1.82, 2.24) is 4.90 Å². The summed E-state index contributed by atoms with van der Waals surface area (Å²) in [5, 5.41) is 12.0. The number of nitrogens with zero attached hydrogens (tertiary/aromatic N) is 1. The Balaban J connectivity index is 1.63. The Labute approximate surface area is 168 Å². The zero-order valence-corrected chi connectivity index (χ0v) is 16.9. The summed E-state index contributed by atoms with van der Waals surface area (Å²) in [6, 6.07) is 12.7. The first kappa shape index (κ1) is 19.6. The number of hydrogen-bond acceptors (Lipinski definition) is 5. The van der Waals surface area contributed by atoms with Gasteiger partial charge in [0.25, 0.3) is 0 Å². The molecule has 2 aromatic rings. The van der Waals surface area contributed by atoms with E-state index in [1.165, 1.54) is 16.0 Å². The quantitative estimate of drug-likeness (QED) is 0.457. The molecule has 0 fully saturated rings. The topological polar surface area (TPSA) is 49.8 Å². The number of aryl methyl sites for hydroxylation is 2. The van der Waals surface area contributed by atoms with Crippen molar-refractivity contribution in [1.29, 1.82) is 0 Å². The maximum absolute atomic E-state index is 11.1. The number of carboxylic acid groups (broad SMARTS) is 1. The fourth-order valence-electron chi connectivity index (χ4n) is 2.86. The summed E-state index contributed by atoms with van der Waals surface area (Å²) in [7, 11) is 0. The number of hydrogen-bond donors (Lipinski definition) is 1. The summed E-state index contributed by atoms with van der Waals surface area (Å²) in [5.74, 6) is 1.33. The molecule has 1 aliphatic rings. The minimum Gasteiger partial charge on any atom is -0.449 e. The molecule has 1 aromatic heterocycles. The van der Waals surface area contributed by atoms with Gasteiger partial charge in [0.2, 0.25) is 0 Å². The fraction of sp³-hybridized carbons (Fsp3) is 0.286. The molecule has 0 bridgehead atoms. The molecule has 1 aliphatic heterocycles. The molecule has 0 saturated heterocycles. The first-order chi connectivity index (χ1) is 13.1. The van der Waals surface area contributed by atoms with Crippen molar-refractivity contribution >= 4 is 29.3 Å². The third-order valence-corrected chi connectivity index (χ3v) is 6.27. The minimum atomic E-state index is -1.27. The highest BCUT2D eigenvalue weighted by atomic mass is 32.2. The molecular formula is C21H23NO3S2. The van der Waals surface area contributed by atoms with Crippen LogP contribution in [0, 0.1) is 6.92 Å². The van der Waals surface area contributed by atoms with Crippen LogP contribution in [0.3, 0.4) is 0 Å². The largest absolute Gasteiger partial charge is 0.511 e. The molecule has 142 valence electrons. The van der Waals surface area contributed by atoms with Gasteiger partial charge in [0.05, 0.1) is 6.54 Å². The second-order valence-corrected chi connectivity index (χ2v) is 8.45. The molecule has 0 amide bonds. The maximum atomic E-state index is 11.1. The van der Waals surface area contributed by atoms with Crippen LogP contribution in [0.2, 0.25) is 0 Å². The highest BCUT2D eigenvalue weighted by Crippen LogP contribution is 2.31. The zero-order chi connectivity index (χ0) is 19.1. The lowest BCUT2D eigenvalue weighted by molar-refractivity contribution is 0.119. The highest BCUT2D eigenvalue weighted by molar-refractivity contribution is 8.03. The van der Waals surface area contributed by atoms with E-state index in [9.17, 15) is 4.79 Å². The molecule has 2 heterocycles. The van der Waals surface area contributed by atoms with Crippen molar-refractivity contribution in [3.63, 3.8) is 0 Å². The third-order valence-electron chi connectivity index (χ3n) is 4.19. The standard InChI is InChI=1S/C21H23NO3S2/c1-16-8-10-17(11-9-16)5-3-14-27-20-19(25-21(23)24)7-2-12-22(20)15-18-6-4-13-26-18/h2,4,6-11,13H,3,5,12,14-15H2,1H3,(H,23,24). The monoisotopic (exact) mass is 401 g/mol.